The maximum Gasteiger partial charge on any atom is 0.243 e. The van der Waals surface area contributed by atoms with Gasteiger partial charge in [-0.05, 0) is 48.9 Å². The van der Waals surface area contributed by atoms with Crippen LogP contribution in [0.2, 0.25) is 0 Å². The van der Waals surface area contributed by atoms with Crippen LogP contribution in [0, 0.1) is 5.92 Å². The molecule has 1 aromatic heterocycles. The van der Waals surface area contributed by atoms with Gasteiger partial charge in [0.15, 0.2) is 0 Å². The van der Waals surface area contributed by atoms with Gasteiger partial charge in [-0.25, -0.2) is 0 Å². The van der Waals surface area contributed by atoms with Gasteiger partial charge in [0.2, 0.25) is 11.8 Å². The molecule has 1 unspecified atom stereocenters. The summed E-state index contributed by atoms with van der Waals surface area (Å²) in [7, 11) is 0. The largest absolute Gasteiger partial charge is 0.348 e. The molecule has 0 radical (unpaired) electrons. The van der Waals surface area contributed by atoms with E-state index in [1.54, 1.807) is 4.90 Å². The van der Waals surface area contributed by atoms with E-state index in [2.05, 4.69) is 54.9 Å². The Hall–Kier alpha value is -2.56. The van der Waals surface area contributed by atoms with Gasteiger partial charge in [0.1, 0.15) is 6.54 Å². The molecule has 1 atom stereocenters. The summed E-state index contributed by atoms with van der Waals surface area (Å²) >= 11 is 0. The molecule has 0 saturated carbocycles. The quantitative estimate of drug-likeness (QED) is 0.640. The van der Waals surface area contributed by atoms with E-state index in [0.717, 1.165) is 17.8 Å². The lowest BCUT2D eigenvalue weighted by atomic mass is 9.95. The SMILES string of the molecule is CC(C)CC(=O)N(CC(=O)N1CCn2cccc2C1c1ccc(C(C)C)cc1)C(C)C. The second-order valence-electron chi connectivity index (χ2n) is 9.65. The van der Waals surface area contributed by atoms with Crippen LogP contribution in [0.25, 0.3) is 0 Å². The molecule has 0 N–H and O–H groups in total. The van der Waals surface area contributed by atoms with Crippen LogP contribution in [0.5, 0.6) is 0 Å². The second kappa shape index (κ2) is 9.71. The van der Waals surface area contributed by atoms with Gasteiger partial charge in [-0.15, -0.1) is 0 Å². The lowest BCUT2D eigenvalue weighted by Crippen LogP contribution is -2.49. The van der Waals surface area contributed by atoms with Crippen molar-refractivity contribution in [1.82, 2.24) is 14.4 Å². The Labute approximate surface area is 187 Å². The van der Waals surface area contributed by atoms with Gasteiger partial charge in [-0.2, -0.15) is 0 Å². The van der Waals surface area contributed by atoms with Gasteiger partial charge in [-0.1, -0.05) is 52.0 Å². The Morgan fingerprint density at radius 2 is 1.68 bits per heavy atom. The summed E-state index contributed by atoms with van der Waals surface area (Å²) in [5, 5.41) is 0. The summed E-state index contributed by atoms with van der Waals surface area (Å²) < 4.78 is 2.23. The molecule has 5 nitrogen and oxygen atoms in total. The highest BCUT2D eigenvalue weighted by Crippen LogP contribution is 2.33. The van der Waals surface area contributed by atoms with E-state index in [1.807, 2.05) is 38.7 Å². The number of fused-ring (bicyclic) bond motifs is 1. The molecule has 0 fully saturated rings. The van der Waals surface area contributed by atoms with E-state index in [9.17, 15) is 9.59 Å². The normalized spacial score (nSPS) is 16.2. The molecule has 0 aliphatic carbocycles. The van der Waals surface area contributed by atoms with Crippen molar-refractivity contribution < 1.29 is 9.59 Å². The number of benzene rings is 1. The van der Waals surface area contributed by atoms with E-state index in [0.29, 0.717) is 18.9 Å². The average molecular weight is 424 g/mol. The molecule has 1 aromatic carbocycles. The van der Waals surface area contributed by atoms with E-state index in [-0.39, 0.29) is 36.4 Å². The van der Waals surface area contributed by atoms with E-state index >= 15 is 0 Å². The number of rotatable bonds is 7. The molecule has 168 valence electrons. The Morgan fingerprint density at radius 3 is 2.26 bits per heavy atom. The van der Waals surface area contributed by atoms with Gasteiger partial charge < -0.3 is 14.4 Å². The van der Waals surface area contributed by atoms with Crippen molar-refractivity contribution in [3.8, 4) is 0 Å². The van der Waals surface area contributed by atoms with Crippen molar-refractivity contribution >= 4 is 11.8 Å². The molecule has 1 aliphatic rings. The number of amides is 2. The summed E-state index contributed by atoms with van der Waals surface area (Å²) in [5.74, 6) is 0.802. The second-order valence-corrected chi connectivity index (χ2v) is 9.65. The van der Waals surface area contributed by atoms with E-state index in [1.165, 1.54) is 5.56 Å². The Balaban J connectivity index is 1.89. The number of carbonyl (C=O) groups excluding carboxylic acids is 2. The van der Waals surface area contributed by atoms with Crippen LogP contribution in [0.15, 0.2) is 42.6 Å². The minimum absolute atomic E-state index is 0.00683. The number of hydrogen-bond donors (Lipinski definition) is 0. The van der Waals surface area contributed by atoms with Crippen molar-refractivity contribution in [2.75, 3.05) is 13.1 Å². The monoisotopic (exact) mass is 423 g/mol. The van der Waals surface area contributed by atoms with Gasteiger partial charge in [0.25, 0.3) is 0 Å². The minimum atomic E-state index is -0.133. The topological polar surface area (TPSA) is 45.6 Å². The fourth-order valence-corrected chi connectivity index (χ4v) is 4.33. The summed E-state index contributed by atoms with van der Waals surface area (Å²) in [5.41, 5.74) is 3.53. The first-order valence-electron chi connectivity index (χ1n) is 11.5. The third-order valence-corrected chi connectivity index (χ3v) is 6.11. The first-order valence-corrected chi connectivity index (χ1v) is 11.5. The number of nitrogens with zero attached hydrogens (tertiary/aromatic N) is 3. The molecule has 0 spiro atoms. The van der Waals surface area contributed by atoms with Crippen LogP contribution in [0.4, 0.5) is 0 Å². The van der Waals surface area contributed by atoms with Crippen molar-refractivity contribution in [3.05, 3.63) is 59.4 Å². The highest BCUT2D eigenvalue weighted by Gasteiger charge is 2.34. The highest BCUT2D eigenvalue weighted by atomic mass is 16.2. The standard InChI is InChI=1S/C26H37N3O2/c1-18(2)16-24(30)29(20(5)6)17-25(31)28-15-14-27-13-7-8-23(27)26(28)22-11-9-21(10-12-22)19(3)4/h7-13,18-20,26H,14-17H2,1-6H3. The molecule has 2 aromatic rings. The maximum atomic E-state index is 13.5. The molecular formula is C26H37N3O2. The summed E-state index contributed by atoms with van der Waals surface area (Å²) in [6.07, 6.45) is 2.55. The van der Waals surface area contributed by atoms with Crippen molar-refractivity contribution in [3.63, 3.8) is 0 Å². The highest BCUT2D eigenvalue weighted by molar-refractivity contribution is 5.85. The summed E-state index contributed by atoms with van der Waals surface area (Å²) in [6, 6.07) is 12.6. The van der Waals surface area contributed by atoms with Crippen molar-refractivity contribution in [1.29, 1.82) is 0 Å². The molecule has 1 aliphatic heterocycles. The third-order valence-electron chi connectivity index (χ3n) is 6.11. The zero-order chi connectivity index (χ0) is 22.7. The summed E-state index contributed by atoms with van der Waals surface area (Å²) in [6.45, 7) is 13.9. The molecule has 31 heavy (non-hydrogen) atoms. The number of carbonyl (C=O) groups is 2. The lowest BCUT2D eigenvalue weighted by Gasteiger charge is -2.39. The molecule has 2 heterocycles. The predicted octanol–water partition coefficient (Wildman–Crippen LogP) is 4.83. The van der Waals surface area contributed by atoms with Crippen LogP contribution >= 0.6 is 0 Å². The Bertz CT molecular complexity index is 896. The molecular weight excluding hydrogens is 386 g/mol. The molecule has 3 rings (SSSR count). The van der Waals surface area contributed by atoms with Crippen molar-refractivity contribution in [2.45, 2.75) is 72.5 Å². The van der Waals surface area contributed by atoms with Crippen molar-refractivity contribution in [2.24, 2.45) is 5.92 Å². The maximum absolute atomic E-state index is 13.5. The lowest BCUT2D eigenvalue weighted by molar-refractivity contribution is -0.144. The van der Waals surface area contributed by atoms with Gasteiger partial charge >= 0.3 is 0 Å². The van der Waals surface area contributed by atoms with Crippen LogP contribution in [-0.2, 0) is 16.1 Å². The average Bonchev–Trinajstić information content (AvgIpc) is 3.19. The zero-order valence-corrected chi connectivity index (χ0v) is 19.8. The fourth-order valence-electron chi connectivity index (χ4n) is 4.33. The summed E-state index contributed by atoms with van der Waals surface area (Å²) in [4.78, 5) is 30.0. The van der Waals surface area contributed by atoms with E-state index in [4.69, 9.17) is 0 Å². The molecule has 0 bridgehead atoms. The molecule has 0 saturated heterocycles. The Kier molecular flexibility index (Phi) is 7.24. The Morgan fingerprint density at radius 1 is 1.00 bits per heavy atom. The van der Waals surface area contributed by atoms with Crippen LogP contribution in [0.3, 0.4) is 0 Å². The molecule has 2 amide bonds. The number of aromatic nitrogens is 1. The van der Waals surface area contributed by atoms with Crippen LogP contribution in [0.1, 0.15) is 76.7 Å². The van der Waals surface area contributed by atoms with Gasteiger partial charge in [0, 0.05) is 37.4 Å². The van der Waals surface area contributed by atoms with Gasteiger partial charge in [0.05, 0.1) is 6.04 Å². The predicted molar refractivity (Wildman–Crippen MR) is 125 cm³/mol. The number of hydrogen-bond acceptors (Lipinski definition) is 2. The smallest absolute Gasteiger partial charge is 0.243 e. The minimum Gasteiger partial charge on any atom is -0.348 e. The molecule has 5 heteroatoms. The van der Waals surface area contributed by atoms with Crippen LogP contribution in [-0.4, -0.2) is 45.3 Å². The third kappa shape index (κ3) is 5.20. The first kappa shape index (κ1) is 23.1. The van der Waals surface area contributed by atoms with Gasteiger partial charge in [-0.3, -0.25) is 9.59 Å². The van der Waals surface area contributed by atoms with Crippen LogP contribution < -0.4 is 0 Å². The first-order chi connectivity index (χ1) is 14.7. The zero-order valence-electron chi connectivity index (χ0n) is 19.8. The fraction of sp³-hybridized carbons (Fsp3) is 0.538. The van der Waals surface area contributed by atoms with E-state index < -0.39 is 0 Å².